The number of hydrogen-bond donors (Lipinski definition) is 2. The van der Waals surface area contributed by atoms with Gasteiger partial charge < -0.3 is 28.8 Å². The number of hydrogen-bond acceptors (Lipinski definition) is 8. The van der Waals surface area contributed by atoms with Crippen molar-refractivity contribution in [2.75, 3.05) is 13.2 Å². The van der Waals surface area contributed by atoms with Crippen molar-refractivity contribution >= 4 is 56.9 Å². The average Bonchev–Trinajstić information content (AvgIpc) is 3.71. The zero-order chi connectivity index (χ0) is 41.1. The van der Waals surface area contributed by atoms with E-state index in [1.807, 2.05) is 0 Å². The van der Waals surface area contributed by atoms with Crippen LogP contribution in [0, 0.1) is 0 Å². The van der Waals surface area contributed by atoms with Crippen LogP contribution in [0.1, 0.15) is 36.1 Å². The summed E-state index contributed by atoms with van der Waals surface area (Å²) in [6.07, 6.45) is -6.06. The Labute approximate surface area is 324 Å². The Hall–Kier alpha value is -5.16. The van der Waals surface area contributed by atoms with Gasteiger partial charge in [0, 0.05) is 59.8 Å². The number of halogens is 8. The Bertz CT molecular complexity index is 2170. The van der Waals surface area contributed by atoms with Crippen molar-refractivity contribution in [3.8, 4) is 0 Å². The van der Waals surface area contributed by atoms with E-state index in [1.54, 1.807) is 60.7 Å². The van der Waals surface area contributed by atoms with Crippen LogP contribution in [0.2, 0.25) is 10.3 Å². The molecule has 10 nitrogen and oxygen atoms in total. The maximum atomic E-state index is 13.8. The maximum absolute atomic E-state index is 13.8. The molecule has 0 aliphatic heterocycles. The summed E-state index contributed by atoms with van der Waals surface area (Å²) in [5, 5.41) is 20.8. The van der Waals surface area contributed by atoms with Crippen molar-refractivity contribution in [3.05, 3.63) is 130 Å². The highest BCUT2D eigenvalue weighted by Gasteiger charge is 2.64. The van der Waals surface area contributed by atoms with E-state index in [0.717, 1.165) is 23.5 Å². The molecule has 0 saturated heterocycles. The molecule has 2 aromatic carbocycles. The van der Waals surface area contributed by atoms with E-state index in [0.29, 0.717) is 0 Å². The lowest BCUT2D eigenvalue weighted by Crippen LogP contribution is -2.50. The molecule has 0 radical (unpaired) electrons. The minimum atomic E-state index is -5.30. The van der Waals surface area contributed by atoms with Gasteiger partial charge in [0.2, 0.25) is 0 Å². The van der Waals surface area contributed by atoms with Gasteiger partial charge in [-0.25, -0.2) is 19.6 Å². The quantitative estimate of drug-likeness (QED) is 0.0806. The molecule has 0 saturated carbocycles. The number of fused-ring (bicyclic) bond motifs is 2. The molecule has 0 fully saturated rings. The summed E-state index contributed by atoms with van der Waals surface area (Å²) < 4.78 is 94.8. The van der Waals surface area contributed by atoms with Crippen LogP contribution in [0.4, 0.5) is 26.3 Å². The summed E-state index contributed by atoms with van der Waals surface area (Å²) in [5.74, 6) is -3.59. The van der Waals surface area contributed by atoms with Crippen LogP contribution in [0.25, 0.3) is 21.8 Å². The average molecular weight is 826 g/mol. The van der Waals surface area contributed by atoms with E-state index in [-0.39, 0.29) is 58.4 Å². The molecule has 2 N–H and O–H groups in total. The predicted octanol–water partition coefficient (Wildman–Crippen LogP) is 8.10. The third-order valence-electron chi connectivity index (χ3n) is 8.62. The van der Waals surface area contributed by atoms with Gasteiger partial charge in [-0.15, -0.1) is 0 Å². The summed E-state index contributed by atoms with van der Waals surface area (Å²) >= 11 is 12.3. The number of alkyl halides is 6. The number of esters is 2. The number of ether oxygens (including phenoxy) is 2. The molecular weight excluding hydrogens is 793 g/mol. The molecule has 0 aliphatic carbocycles. The molecule has 56 heavy (non-hydrogen) atoms. The summed E-state index contributed by atoms with van der Waals surface area (Å²) in [6.45, 7) is 2.41. The molecule has 0 bridgehead atoms. The number of nitrogens with zero attached hydrogens (tertiary/aromatic N) is 4. The molecule has 18 heteroatoms. The predicted molar refractivity (Wildman–Crippen MR) is 194 cm³/mol. The van der Waals surface area contributed by atoms with Gasteiger partial charge in [-0.2, -0.15) is 26.3 Å². The Morgan fingerprint density at radius 3 is 1.27 bits per heavy atom. The van der Waals surface area contributed by atoms with Crippen LogP contribution in [0.3, 0.4) is 0 Å². The zero-order valence-electron chi connectivity index (χ0n) is 29.4. The number of aliphatic hydroxyl groups is 2. The van der Waals surface area contributed by atoms with Crippen molar-refractivity contribution in [1.29, 1.82) is 0 Å². The number of carbonyl (C=O) groups excluding carboxylic acids is 2. The van der Waals surface area contributed by atoms with Crippen LogP contribution < -0.4 is 0 Å². The molecule has 296 valence electrons. The van der Waals surface area contributed by atoms with E-state index in [9.17, 15) is 46.1 Å². The molecule has 2 unspecified atom stereocenters. The van der Waals surface area contributed by atoms with Crippen LogP contribution in [-0.4, -0.2) is 66.8 Å². The number of benzene rings is 2. The molecular formula is C38H32Cl2F6N4O6. The summed E-state index contributed by atoms with van der Waals surface area (Å²) in [7, 11) is 0. The zero-order valence-corrected chi connectivity index (χ0v) is 30.9. The molecule has 6 aromatic rings. The topological polar surface area (TPSA) is 129 Å². The lowest BCUT2D eigenvalue weighted by Gasteiger charge is -2.27. The number of pyridine rings is 2. The summed E-state index contributed by atoms with van der Waals surface area (Å²) in [5.41, 5.74) is -7.07. The Balaban J connectivity index is 0.000000214. The maximum Gasteiger partial charge on any atom is 0.432 e. The SMILES string of the molecule is CCOC(=O)C(O)(c1cn(Cc2ccccc2)c2c(Cl)nccc12)C(F)(F)F.CCOC(=O)C(O)(c1cn(Cc2ccccc2)c2c(Cl)nccc12)C(F)(F)F. The highest BCUT2D eigenvalue weighted by atomic mass is 35.5. The second kappa shape index (κ2) is 16.5. The fourth-order valence-electron chi connectivity index (χ4n) is 6.03. The van der Waals surface area contributed by atoms with Gasteiger partial charge in [-0.3, -0.25) is 0 Å². The Morgan fingerprint density at radius 1 is 0.625 bits per heavy atom. The van der Waals surface area contributed by atoms with E-state index in [4.69, 9.17) is 23.2 Å². The van der Waals surface area contributed by atoms with Crippen LogP contribution in [0.15, 0.2) is 97.6 Å². The number of aromatic nitrogens is 4. The molecule has 0 amide bonds. The first-order chi connectivity index (χ1) is 26.4. The fourth-order valence-corrected chi connectivity index (χ4v) is 6.57. The fraction of sp³-hybridized carbons (Fsp3) is 0.263. The summed E-state index contributed by atoms with van der Waals surface area (Å²) in [6, 6.07) is 20.4. The van der Waals surface area contributed by atoms with Crippen molar-refractivity contribution in [2.45, 2.75) is 50.5 Å². The molecule has 4 heterocycles. The smallest absolute Gasteiger partial charge is 0.432 e. The Kier molecular flexibility index (Phi) is 12.4. The molecule has 4 aromatic heterocycles. The van der Waals surface area contributed by atoms with Gasteiger partial charge in [0.25, 0.3) is 11.2 Å². The van der Waals surface area contributed by atoms with Gasteiger partial charge in [-0.05, 0) is 37.1 Å². The highest BCUT2D eigenvalue weighted by Crippen LogP contribution is 2.46. The monoisotopic (exact) mass is 824 g/mol. The molecule has 0 spiro atoms. The largest absolute Gasteiger partial charge is 0.463 e. The lowest BCUT2D eigenvalue weighted by atomic mass is 9.93. The second-order valence-corrected chi connectivity index (χ2v) is 12.9. The lowest BCUT2D eigenvalue weighted by molar-refractivity contribution is -0.268. The molecule has 6 rings (SSSR count). The van der Waals surface area contributed by atoms with Gasteiger partial charge in [0.1, 0.15) is 0 Å². The summed E-state index contributed by atoms with van der Waals surface area (Å²) in [4.78, 5) is 32.1. The molecule has 2 atom stereocenters. The van der Waals surface area contributed by atoms with Crippen molar-refractivity contribution in [1.82, 2.24) is 19.1 Å². The van der Waals surface area contributed by atoms with Gasteiger partial charge in [-0.1, -0.05) is 83.9 Å². The Morgan fingerprint density at radius 2 is 0.964 bits per heavy atom. The van der Waals surface area contributed by atoms with E-state index in [1.165, 1.54) is 47.5 Å². The van der Waals surface area contributed by atoms with Gasteiger partial charge >= 0.3 is 24.3 Å². The highest BCUT2D eigenvalue weighted by molar-refractivity contribution is 6.34. The minimum Gasteiger partial charge on any atom is -0.463 e. The first-order valence-electron chi connectivity index (χ1n) is 16.7. The van der Waals surface area contributed by atoms with Crippen molar-refractivity contribution < 1.29 is 55.6 Å². The number of carbonyl (C=O) groups is 2. The second-order valence-electron chi connectivity index (χ2n) is 12.2. The first-order valence-corrected chi connectivity index (χ1v) is 17.4. The van der Waals surface area contributed by atoms with E-state index >= 15 is 0 Å². The van der Waals surface area contributed by atoms with Crippen molar-refractivity contribution in [2.24, 2.45) is 0 Å². The van der Waals surface area contributed by atoms with Crippen LogP contribution in [-0.2, 0) is 43.4 Å². The van der Waals surface area contributed by atoms with E-state index in [2.05, 4.69) is 19.4 Å². The van der Waals surface area contributed by atoms with Crippen molar-refractivity contribution in [3.63, 3.8) is 0 Å². The standard InChI is InChI=1S/2C19H16ClF3N2O3/c2*1-2-28-17(26)18(27,19(21,22)23)14-11-25(10-12-6-4-3-5-7-12)15-13(14)8-9-24-16(15)20/h2*3-9,11,27H,2,10H2,1H3. The van der Waals surface area contributed by atoms with Gasteiger partial charge in [0.15, 0.2) is 10.3 Å². The third kappa shape index (κ3) is 7.91. The third-order valence-corrected chi connectivity index (χ3v) is 9.17. The molecule has 0 aliphatic rings. The number of rotatable bonds is 10. The normalized spacial score (nSPS) is 14.1. The minimum absolute atomic E-state index is 0.0381. The van der Waals surface area contributed by atoms with E-state index < -0.39 is 46.6 Å². The van der Waals surface area contributed by atoms with Crippen LogP contribution >= 0.6 is 23.2 Å². The van der Waals surface area contributed by atoms with Gasteiger partial charge in [0.05, 0.1) is 24.2 Å². The first kappa shape index (κ1) is 42.0. The van der Waals surface area contributed by atoms with Crippen LogP contribution in [0.5, 0.6) is 0 Å².